The minimum absolute atomic E-state index is 0.368. The zero-order valence-corrected chi connectivity index (χ0v) is 12.4. The highest BCUT2D eigenvalue weighted by molar-refractivity contribution is 5.35. The Morgan fingerprint density at radius 3 is 2.44 bits per heavy atom. The molecule has 0 spiro atoms. The number of ether oxygens (including phenoxy) is 1. The molecule has 2 heteroatoms. The summed E-state index contributed by atoms with van der Waals surface area (Å²) in [6, 6.07) is 8.70. The quantitative estimate of drug-likeness (QED) is 0.817. The van der Waals surface area contributed by atoms with Crippen molar-refractivity contribution in [2.75, 3.05) is 13.7 Å². The molecule has 1 aromatic rings. The second-order valence-corrected chi connectivity index (χ2v) is 5.91. The molecule has 2 nitrogen and oxygen atoms in total. The molecule has 0 saturated carbocycles. The maximum absolute atomic E-state index is 5.71. The molecular weight excluding hydrogens is 222 g/mol. The van der Waals surface area contributed by atoms with Gasteiger partial charge in [0.15, 0.2) is 0 Å². The van der Waals surface area contributed by atoms with Gasteiger partial charge in [-0.3, -0.25) is 0 Å². The molecule has 0 aliphatic heterocycles. The summed E-state index contributed by atoms with van der Waals surface area (Å²) in [6.45, 7) is 9.60. The fourth-order valence-corrected chi connectivity index (χ4v) is 2.09. The molecule has 0 aliphatic rings. The van der Waals surface area contributed by atoms with Crippen molar-refractivity contribution in [3.63, 3.8) is 0 Å². The molecule has 1 N–H and O–H groups in total. The molecule has 0 bridgehead atoms. The summed E-state index contributed by atoms with van der Waals surface area (Å²) in [7, 11) is 2.02. The van der Waals surface area contributed by atoms with Crippen LogP contribution in [0.1, 0.15) is 52.1 Å². The van der Waals surface area contributed by atoms with Crippen LogP contribution in [-0.4, -0.2) is 13.7 Å². The summed E-state index contributed by atoms with van der Waals surface area (Å²) >= 11 is 0. The Bertz CT molecular complexity index is 354. The van der Waals surface area contributed by atoms with Gasteiger partial charge in [0.25, 0.3) is 0 Å². The van der Waals surface area contributed by atoms with Crippen molar-refractivity contribution in [1.29, 1.82) is 0 Å². The molecule has 1 rings (SSSR count). The van der Waals surface area contributed by atoms with Crippen molar-refractivity contribution in [1.82, 2.24) is 5.32 Å². The Hall–Kier alpha value is -1.02. The van der Waals surface area contributed by atoms with E-state index in [0.29, 0.717) is 18.1 Å². The number of para-hydroxylation sites is 1. The van der Waals surface area contributed by atoms with Crippen molar-refractivity contribution in [3.05, 3.63) is 29.8 Å². The van der Waals surface area contributed by atoms with Crippen molar-refractivity contribution in [3.8, 4) is 5.75 Å². The topological polar surface area (TPSA) is 21.3 Å². The number of rotatable bonds is 6. The van der Waals surface area contributed by atoms with Crippen LogP contribution in [0.5, 0.6) is 5.75 Å². The predicted octanol–water partition coefficient (Wildman–Crippen LogP) is 4.17. The Morgan fingerprint density at radius 1 is 1.22 bits per heavy atom. The van der Waals surface area contributed by atoms with E-state index in [1.54, 1.807) is 0 Å². The van der Waals surface area contributed by atoms with Crippen LogP contribution in [0.15, 0.2) is 24.3 Å². The Kier molecular flexibility index (Phi) is 5.67. The normalized spacial score (nSPS) is 13.4. The van der Waals surface area contributed by atoms with Crippen LogP contribution in [0.4, 0.5) is 0 Å². The average Bonchev–Trinajstić information content (AvgIpc) is 2.31. The van der Waals surface area contributed by atoms with E-state index in [-0.39, 0.29) is 0 Å². The van der Waals surface area contributed by atoms with Gasteiger partial charge < -0.3 is 10.1 Å². The molecule has 0 saturated heterocycles. The lowest BCUT2D eigenvalue weighted by atomic mass is 9.87. The third-order valence-corrected chi connectivity index (χ3v) is 3.13. The molecule has 0 fully saturated rings. The molecule has 0 amide bonds. The molecule has 0 aliphatic carbocycles. The molecule has 18 heavy (non-hydrogen) atoms. The van der Waals surface area contributed by atoms with Gasteiger partial charge in [-0.2, -0.15) is 0 Å². The number of nitrogens with one attached hydrogen (secondary N) is 1. The first-order valence-electron chi connectivity index (χ1n) is 6.87. The molecule has 1 atom stereocenters. The Balaban J connectivity index is 2.81. The highest BCUT2D eigenvalue weighted by Gasteiger charge is 2.18. The van der Waals surface area contributed by atoms with E-state index in [1.165, 1.54) is 12.0 Å². The molecule has 1 unspecified atom stereocenters. The summed E-state index contributed by atoms with van der Waals surface area (Å²) < 4.78 is 5.71. The van der Waals surface area contributed by atoms with Crippen molar-refractivity contribution in [2.45, 2.75) is 46.6 Å². The Labute approximate surface area is 112 Å². The highest BCUT2D eigenvalue weighted by Crippen LogP contribution is 2.31. The zero-order valence-electron chi connectivity index (χ0n) is 12.4. The third kappa shape index (κ3) is 4.69. The fourth-order valence-electron chi connectivity index (χ4n) is 2.09. The van der Waals surface area contributed by atoms with Gasteiger partial charge in [-0.25, -0.2) is 0 Å². The summed E-state index contributed by atoms with van der Waals surface area (Å²) in [6.07, 6.45) is 2.32. The van der Waals surface area contributed by atoms with E-state index >= 15 is 0 Å². The lowest BCUT2D eigenvalue weighted by Gasteiger charge is -2.24. The summed E-state index contributed by atoms with van der Waals surface area (Å²) in [5, 5.41) is 3.41. The lowest BCUT2D eigenvalue weighted by Crippen LogP contribution is -2.19. The minimum atomic E-state index is 0.368. The highest BCUT2D eigenvalue weighted by atomic mass is 16.5. The van der Waals surface area contributed by atoms with E-state index in [0.717, 1.165) is 12.2 Å². The predicted molar refractivity (Wildman–Crippen MR) is 78.1 cm³/mol. The van der Waals surface area contributed by atoms with Gasteiger partial charge >= 0.3 is 0 Å². The van der Waals surface area contributed by atoms with Gasteiger partial charge in [-0.15, -0.1) is 0 Å². The van der Waals surface area contributed by atoms with Crippen LogP contribution < -0.4 is 10.1 Å². The molecule has 1 aromatic carbocycles. The standard InChI is InChI=1S/C16H27NO/c1-6-18-15-10-8-7-9-13(15)14(17-5)11-12-16(2,3)4/h7-10,14,17H,6,11-12H2,1-5H3. The summed E-state index contributed by atoms with van der Waals surface area (Å²) in [4.78, 5) is 0. The van der Waals surface area contributed by atoms with Crippen molar-refractivity contribution < 1.29 is 4.74 Å². The maximum atomic E-state index is 5.71. The minimum Gasteiger partial charge on any atom is -0.494 e. The van der Waals surface area contributed by atoms with Crippen LogP contribution in [0, 0.1) is 5.41 Å². The van der Waals surface area contributed by atoms with Crippen LogP contribution in [0.25, 0.3) is 0 Å². The molecule has 102 valence electrons. The fraction of sp³-hybridized carbons (Fsp3) is 0.625. The van der Waals surface area contributed by atoms with E-state index in [1.807, 2.05) is 20.0 Å². The molecule has 0 aromatic heterocycles. The first-order valence-corrected chi connectivity index (χ1v) is 6.87. The zero-order chi connectivity index (χ0) is 13.6. The second-order valence-electron chi connectivity index (χ2n) is 5.91. The van der Waals surface area contributed by atoms with Gasteiger partial charge in [-0.05, 0) is 38.3 Å². The first-order chi connectivity index (χ1) is 8.48. The van der Waals surface area contributed by atoms with Crippen molar-refractivity contribution >= 4 is 0 Å². The molecule has 0 heterocycles. The summed E-state index contributed by atoms with van der Waals surface area (Å²) in [5.74, 6) is 1.01. The average molecular weight is 249 g/mol. The van der Waals surface area contributed by atoms with E-state index in [4.69, 9.17) is 4.74 Å². The number of benzene rings is 1. The van der Waals surface area contributed by atoms with Gasteiger partial charge in [0.05, 0.1) is 6.61 Å². The van der Waals surface area contributed by atoms with E-state index in [2.05, 4.69) is 44.3 Å². The van der Waals surface area contributed by atoms with Gasteiger partial charge in [-0.1, -0.05) is 39.0 Å². The van der Waals surface area contributed by atoms with Crippen LogP contribution in [0.2, 0.25) is 0 Å². The largest absolute Gasteiger partial charge is 0.494 e. The van der Waals surface area contributed by atoms with Gasteiger partial charge in [0.1, 0.15) is 5.75 Å². The molecular formula is C16H27NO. The summed E-state index contributed by atoms with van der Waals surface area (Å²) in [5.41, 5.74) is 1.64. The monoisotopic (exact) mass is 249 g/mol. The van der Waals surface area contributed by atoms with E-state index < -0.39 is 0 Å². The smallest absolute Gasteiger partial charge is 0.124 e. The SMILES string of the molecule is CCOc1ccccc1C(CCC(C)(C)C)NC. The maximum Gasteiger partial charge on any atom is 0.124 e. The number of hydrogen-bond acceptors (Lipinski definition) is 2. The van der Waals surface area contributed by atoms with Crippen molar-refractivity contribution in [2.24, 2.45) is 5.41 Å². The van der Waals surface area contributed by atoms with Crippen LogP contribution in [0.3, 0.4) is 0 Å². The van der Waals surface area contributed by atoms with Crippen LogP contribution >= 0.6 is 0 Å². The molecule has 0 radical (unpaired) electrons. The van der Waals surface area contributed by atoms with Crippen LogP contribution in [-0.2, 0) is 0 Å². The Morgan fingerprint density at radius 2 is 1.89 bits per heavy atom. The number of hydrogen-bond donors (Lipinski definition) is 1. The van der Waals surface area contributed by atoms with Gasteiger partial charge in [0, 0.05) is 11.6 Å². The first kappa shape index (κ1) is 15.0. The van der Waals surface area contributed by atoms with E-state index in [9.17, 15) is 0 Å². The lowest BCUT2D eigenvalue weighted by molar-refractivity contribution is 0.316. The second kappa shape index (κ2) is 6.79. The third-order valence-electron chi connectivity index (χ3n) is 3.13. The van der Waals surface area contributed by atoms with Gasteiger partial charge in [0.2, 0.25) is 0 Å².